The molecule has 7 nitrogen and oxygen atoms in total. The number of anilines is 1. The van der Waals surface area contributed by atoms with Gasteiger partial charge in [-0.2, -0.15) is 0 Å². The number of urea groups is 1. The molecule has 1 heterocycles. The summed E-state index contributed by atoms with van der Waals surface area (Å²) in [5.74, 6) is -0.550. The third kappa shape index (κ3) is 4.02. The van der Waals surface area contributed by atoms with E-state index in [4.69, 9.17) is 0 Å². The average Bonchev–Trinajstić information content (AvgIpc) is 2.98. The lowest BCUT2D eigenvalue weighted by Gasteiger charge is -2.33. The van der Waals surface area contributed by atoms with Gasteiger partial charge < -0.3 is 10.6 Å². The molecule has 2 aromatic rings. The number of rotatable bonds is 6. The van der Waals surface area contributed by atoms with Crippen molar-refractivity contribution in [3.63, 3.8) is 0 Å². The van der Waals surface area contributed by atoms with Crippen LogP contribution in [0.2, 0.25) is 0 Å². The maximum absolute atomic E-state index is 13.3. The first kappa shape index (κ1) is 21.7. The summed E-state index contributed by atoms with van der Waals surface area (Å²) in [6, 6.07) is 13.6. The second kappa shape index (κ2) is 8.57. The fourth-order valence-corrected chi connectivity index (χ4v) is 4.51. The number of Topliss-reactive ketones (excluding diaryl/α,β-unsaturated/α-hetero) is 1. The first-order valence-electron chi connectivity index (χ1n) is 11.0. The number of ketones is 1. The number of imide groups is 1. The molecule has 4 amide bonds. The van der Waals surface area contributed by atoms with E-state index in [2.05, 4.69) is 10.6 Å². The molecule has 1 saturated heterocycles. The van der Waals surface area contributed by atoms with E-state index in [-0.39, 0.29) is 30.1 Å². The molecule has 0 bridgehead atoms. The summed E-state index contributed by atoms with van der Waals surface area (Å²) in [6.45, 7) is 3.61. The van der Waals surface area contributed by atoms with E-state index in [1.807, 2.05) is 38.1 Å². The van der Waals surface area contributed by atoms with E-state index in [1.54, 1.807) is 24.3 Å². The minimum absolute atomic E-state index is 0.0866. The molecule has 7 heteroatoms. The predicted molar refractivity (Wildman–Crippen MR) is 120 cm³/mol. The monoisotopic (exact) mass is 433 g/mol. The topological polar surface area (TPSA) is 95.6 Å². The number of benzene rings is 2. The number of carbonyl (C=O) groups is 4. The molecule has 1 aliphatic carbocycles. The number of nitrogens with one attached hydrogen (secondary N) is 2. The summed E-state index contributed by atoms with van der Waals surface area (Å²) < 4.78 is 0. The van der Waals surface area contributed by atoms with Gasteiger partial charge in [0.1, 0.15) is 5.54 Å². The standard InChI is InChI=1S/C25H27N3O4/c1-16(2)14-22(30)26-19-11-9-18(10-12-19)21(29)15-28-23(31)25(27-24(28)32)13-5-7-17-6-3-4-8-20(17)25/h3-4,6,8-12,16H,5,7,13-15H2,1-2H3,(H,26,30)(H,27,32). The van der Waals surface area contributed by atoms with Gasteiger partial charge in [0.15, 0.2) is 5.78 Å². The minimum atomic E-state index is -1.09. The van der Waals surface area contributed by atoms with Gasteiger partial charge in [-0.1, -0.05) is 38.1 Å². The van der Waals surface area contributed by atoms with E-state index >= 15 is 0 Å². The number of amides is 4. The molecule has 2 N–H and O–H groups in total. The Hall–Kier alpha value is -3.48. The molecule has 166 valence electrons. The molecule has 1 spiro atoms. The molecule has 1 atom stereocenters. The molecule has 1 aliphatic heterocycles. The molecule has 2 aliphatic rings. The lowest BCUT2D eigenvalue weighted by atomic mass is 9.76. The average molecular weight is 434 g/mol. The van der Waals surface area contributed by atoms with Crippen molar-refractivity contribution >= 4 is 29.3 Å². The Labute approximate surface area is 187 Å². The SMILES string of the molecule is CC(C)CC(=O)Nc1ccc(C(=O)CN2C(=O)NC3(CCCc4ccccc43)C2=O)cc1. The van der Waals surface area contributed by atoms with E-state index in [0.717, 1.165) is 28.9 Å². The zero-order valence-corrected chi connectivity index (χ0v) is 18.3. The van der Waals surface area contributed by atoms with E-state index in [9.17, 15) is 19.2 Å². The molecule has 1 fully saturated rings. The quantitative estimate of drug-likeness (QED) is 0.537. The largest absolute Gasteiger partial charge is 0.326 e. The fraction of sp³-hybridized carbons (Fsp3) is 0.360. The summed E-state index contributed by atoms with van der Waals surface area (Å²) in [4.78, 5) is 51.8. The summed E-state index contributed by atoms with van der Waals surface area (Å²) in [5, 5.41) is 5.66. The van der Waals surface area contributed by atoms with Gasteiger partial charge in [0.25, 0.3) is 5.91 Å². The molecule has 2 aromatic carbocycles. The van der Waals surface area contributed by atoms with E-state index in [1.165, 1.54) is 0 Å². The highest BCUT2D eigenvalue weighted by atomic mass is 16.2. The summed E-state index contributed by atoms with van der Waals surface area (Å²) >= 11 is 0. The zero-order valence-electron chi connectivity index (χ0n) is 18.3. The van der Waals surface area contributed by atoms with Gasteiger partial charge in [-0.05, 0) is 60.6 Å². The maximum atomic E-state index is 13.3. The molecule has 0 aromatic heterocycles. The van der Waals surface area contributed by atoms with Gasteiger partial charge in [-0.25, -0.2) is 4.79 Å². The van der Waals surface area contributed by atoms with Crippen LogP contribution in [-0.4, -0.2) is 35.1 Å². The fourth-order valence-electron chi connectivity index (χ4n) is 4.51. The second-order valence-corrected chi connectivity index (χ2v) is 8.88. The normalized spacial score (nSPS) is 19.8. The number of hydrogen-bond acceptors (Lipinski definition) is 4. The van der Waals surface area contributed by atoms with Gasteiger partial charge in [0, 0.05) is 17.7 Å². The van der Waals surface area contributed by atoms with Crippen LogP contribution < -0.4 is 10.6 Å². The lowest BCUT2D eigenvalue weighted by molar-refractivity contribution is -0.131. The summed E-state index contributed by atoms with van der Waals surface area (Å²) in [7, 11) is 0. The van der Waals surface area contributed by atoms with Crippen molar-refractivity contribution in [1.82, 2.24) is 10.2 Å². The first-order chi connectivity index (χ1) is 15.3. The van der Waals surface area contributed by atoms with Crippen LogP contribution in [0.4, 0.5) is 10.5 Å². The number of hydrogen-bond donors (Lipinski definition) is 2. The number of carbonyl (C=O) groups excluding carboxylic acids is 4. The zero-order chi connectivity index (χ0) is 22.9. The molecular formula is C25H27N3O4. The van der Waals surface area contributed by atoms with Crippen molar-refractivity contribution in [2.75, 3.05) is 11.9 Å². The Bertz CT molecular complexity index is 1080. The van der Waals surface area contributed by atoms with Crippen LogP contribution in [0.25, 0.3) is 0 Å². The number of nitrogens with zero attached hydrogens (tertiary/aromatic N) is 1. The van der Waals surface area contributed by atoms with E-state index in [0.29, 0.717) is 24.1 Å². The second-order valence-electron chi connectivity index (χ2n) is 8.88. The van der Waals surface area contributed by atoms with Crippen molar-refractivity contribution in [2.24, 2.45) is 5.92 Å². The van der Waals surface area contributed by atoms with Gasteiger partial charge in [0.2, 0.25) is 5.91 Å². The third-order valence-corrected chi connectivity index (χ3v) is 6.04. The van der Waals surface area contributed by atoms with Crippen molar-refractivity contribution in [1.29, 1.82) is 0 Å². The van der Waals surface area contributed by atoms with Crippen LogP contribution in [0.15, 0.2) is 48.5 Å². The Morgan fingerprint density at radius 1 is 1.09 bits per heavy atom. The summed E-state index contributed by atoms with van der Waals surface area (Å²) in [5.41, 5.74) is 1.76. The maximum Gasteiger partial charge on any atom is 0.325 e. The van der Waals surface area contributed by atoms with Crippen molar-refractivity contribution in [2.45, 2.75) is 45.1 Å². The molecule has 0 radical (unpaired) electrons. The molecular weight excluding hydrogens is 406 g/mol. The lowest BCUT2D eigenvalue weighted by Crippen LogP contribution is -2.46. The van der Waals surface area contributed by atoms with Gasteiger partial charge >= 0.3 is 6.03 Å². The van der Waals surface area contributed by atoms with Gasteiger partial charge in [0.05, 0.1) is 6.54 Å². The number of fused-ring (bicyclic) bond motifs is 2. The van der Waals surface area contributed by atoms with Crippen LogP contribution in [0, 0.1) is 5.92 Å². The van der Waals surface area contributed by atoms with Gasteiger partial charge in [-0.3, -0.25) is 19.3 Å². The van der Waals surface area contributed by atoms with Gasteiger partial charge in [-0.15, -0.1) is 0 Å². The van der Waals surface area contributed by atoms with Crippen molar-refractivity contribution < 1.29 is 19.2 Å². The van der Waals surface area contributed by atoms with Crippen LogP contribution in [-0.2, 0) is 21.5 Å². The highest BCUT2D eigenvalue weighted by Gasteiger charge is 2.54. The Kier molecular flexibility index (Phi) is 5.82. The Morgan fingerprint density at radius 2 is 1.81 bits per heavy atom. The molecule has 4 rings (SSSR count). The summed E-state index contributed by atoms with van der Waals surface area (Å²) in [6.07, 6.45) is 2.58. The third-order valence-electron chi connectivity index (χ3n) is 6.04. The van der Waals surface area contributed by atoms with Crippen LogP contribution >= 0.6 is 0 Å². The molecule has 0 saturated carbocycles. The minimum Gasteiger partial charge on any atom is -0.326 e. The Morgan fingerprint density at radius 3 is 2.53 bits per heavy atom. The Balaban J connectivity index is 1.47. The van der Waals surface area contributed by atoms with Crippen molar-refractivity contribution in [3.8, 4) is 0 Å². The number of aryl methyl sites for hydroxylation is 1. The first-order valence-corrected chi connectivity index (χ1v) is 11.0. The highest BCUT2D eigenvalue weighted by Crippen LogP contribution is 2.39. The van der Waals surface area contributed by atoms with Crippen LogP contribution in [0.1, 0.15) is 54.6 Å². The predicted octanol–water partition coefficient (Wildman–Crippen LogP) is 3.64. The molecule has 32 heavy (non-hydrogen) atoms. The smallest absolute Gasteiger partial charge is 0.325 e. The van der Waals surface area contributed by atoms with E-state index < -0.39 is 11.6 Å². The highest BCUT2D eigenvalue weighted by molar-refractivity contribution is 6.11. The van der Waals surface area contributed by atoms with Crippen LogP contribution in [0.5, 0.6) is 0 Å². The van der Waals surface area contributed by atoms with Crippen molar-refractivity contribution in [3.05, 3.63) is 65.2 Å². The van der Waals surface area contributed by atoms with Crippen LogP contribution in [0.3, 0.4) is 0 Å². The molecule has 1 unspecified atom stereocenters.